The number of amides is 1. The van der Waals surface area contributed by atoms with Gasteiger partial charge in [-0.1, -0.05) is 23.9 Å². The van der Waals surface area contributed by atoms with Gasteiger partial charge >= 0.3 is 5.97 Å². The molecule has 146 valence electrons. The Morgan fingerprint density at radius 3 is 3.04 bits per heavy atom. The summed E-state index contributed by atoms with van der Waals surface area (Å²) >= 11 is 1.73. The third-order valence-corrected chi connectivity index (χ3v) is 5.66. The normalized spacial score (nSPS) is 15.9. The summed E-state index contributed by atoms with van der Waals surface area (Å²) in [6.07, 6.45) is 2.03. The van der Waals surface area contributed by atoms with E-state index in [2.05, 4.69) is 14.9 Å². The Labute approximate surface area is 166 Å². The maximum Gasteiger partial charge on any atom is 0.337 e. The third-order valence-electron chi connectivity index (χ3n) is 4.68. The van der Waals surface area contributed by atoms with Crippen LogP contribution in [0, 0.1) is 0 Å². The van der Waals surface area contributed by atoms with Crippen LogP contribution >= 0.6 is 11.8 Å². The maximum absolute atomic E-state index is 12.6. The number of carbonyl (C=O) groups is 2. The number of thioether (sulfide) groups is 1. The minimum absolute atomic E-state index is 0.110. The first kappa shape index (κ1) is 18.6. The second kappa shape index (κ2) is 7.69. The van der Waals surface area contributed by atoms with Crippen LogP contribution in [0.5, 0.6) is 0 Å². The van der Waals surface area contributed by atoms with Gasteiger partial charge in [-0.05, 0) is 12.1 Å². The van der Waals surface area contributed by atoms with Gasteiger partial charge in [0.05, 0.1) is 31.5 Å². The van der Waals surface area contributed by atoms with Crippen LogP contribution in [-0.2, 0) is 20.9 Å². The molecule has 0 unspecified atom stereocenters. The van der Waals surface area contributed by atoms with Crippen LogP contribution in [-0.4, -0.2) is 64.0 Å². The second-order valence-corrected chi connectivity index (χ2v) is 7.51. The molecule has 1 aromatic heterocycles. The summed E-state index contributed by atoms with van der Waals surface area (Å²) in [6, 6.07) is 7.55. The highest BCUT2D eigenvalue weighted by Crippen LogP contribution is 2.30. The molecule has 28 heavy (non-hydrogen) atoms. The Bertz CT molecular complexity index is 947. The Morgan fingerprint density at radius 2 is 2.29 bits per heavy atom. The van der Waals surface area contributed by atoms with E-state index in [9.17, 15) is 9.59 Å². The number of rotatable bonds is 6. The Hall–Kier alpha value is -2.78. The number of nitrogens with zero attached hydrogens (tertiary/aromatic N) is 3. The van der Waals surface area contributed by atoms with E-state index in [1.807, 2.05) is 30.5 Å². The fourth-order valence-corrected chi connectivity index (χ4v) is 4.24. The maximum atomic E-state index is 12.6. The van der Waals surface area contributed by atoms with Gasteiger partial charge in [0.1, 0.15) is 5.70 Å². The highest BCUT2D eigenvalue weighted by molar-refractivity contribution is 7.99. The molecule has 0 spiro atoms. The van der Waals surface area contributed by atoms with Crippen molar-refractivity contribution in [2.75, 3.05) is 37.9 Å². The SMILES string of the molecule is COC(=O)C1=C(Nc2cccc(-c3cn4c(n3)SCC4)c2)C(=O)N(CCO)C1. The molecule has 0 fully saturated rings. The lowest BCUT2D eigenvalue weighted by Crippen LogP contribution is -2.31. The molecule has 0 saturated heterocycles. The van der Waals surface area contributed by atoms with E-state index in [0.717, 1.165) is 28.7 Å². The van der Waals surface area contributed by atoms with Crippen LogP contribution in [0.4, 0.5) is 5.69 Å². The first-order valence-corrected chi connectivity index (χ1v) is 9.88. The van der Waals surface area contributed by atoms with E-state index in [-0.39, 0.29) is 36.9 Å². The van der Waals surface area contributed by atoms with Crippen molar-refractivity contribution in [3.8, 4) is 11.3 Å². The van der Waals surface area contributed by atoms with Crippen molar-refractivity contribution in [2.24, 2.45) is 0 Å². The number of ether oxygens (including phenoxy) is 1. The molecular weight excluding hydrogens is 380 g/mol. The number of aromatic nitrogens is 2. The first-order valence-electron chi connectivity index (χ1n) is 8.89. The quantitative estimate of drug-likeness (QED) is 0.706. The molecule has 2 aromatic rings. The number of aliphatic hydroxyl groups excluding tert-OH is 1. The molecule has 2 N–H and O–H groups in total. The molecular formula is C19H20N4O4S. The standard InChI is InChI=1S/C19H20N4O4S/c1-27-18(26)14-10-22(5-7-24)17(25)16(14)20-13-4-2-3-12(9-13)15-11-23-6-8-28-19(23)21-15/h2-4,9,11,20,24H,5-8,10H2,1H3. The lowest BCUT2D eigenvalue weighted by atomic mass is 10.1. The highest BCUT2D eigenvalue weighted by atomic mass is 32.2. The third kappa shape index (κ3) is 3.38. The van der Waals surface area contributed by atoms with Crippen LogP contribution in [0.2, 0.25) is 0 Å². The van der Waals surface area contributed by atoms with Crippen molar-refractivity contribution in [1.29, 1.82) is 0 Å². The predicted octanol–water partition coefficient (Wildman–Crippen LogP) is 1.33. The number of aliphatic hydroxyl groups is 1. The first-order chi connectivity index (χ1) is 13.6. The van der Waals surface area contributed by atoms with Crippen LogP contribution in [0.25, 0.3) is 11.3 Å². The van der Waals surface area contributed by atoms with Crippen molar-refractivity contribution in [2.45, 2.75) is 11.7 Å². The largest absolute Gasteiger partial charge is 0.466 e. The highest BCUT2D eigenvalue weighted by Gasteiger charge is 2.34. The Kier molecular flexibility index (Phi) is 5.10. The van der Waals surface area contributed by atoms with Gasteiger partial charge in [-0.3, -0.25) is 4.79 Å². The summed E-state index contributed by atoms with van der Waals surface area (Å²) in [5.74, 6) is 0.147. The van der Waals surface area contributed by atoms with Gasteiger partial charge in [-0.2, -0.15) is 0 Å². The molecule has 0 radical (unpaired) electrons. The zero-order valence-corrected chi connectivity index (χ0v) is 16.2. The van der Waals surface area contributed by atoms with Crippen LogP contribution in [0.3, 0.4) is 0 Å². The van der Waals surface area contributed by atoms with Gasteiger partial charge in [-0.25, -0.2) is 9.78 Å². The summed E-state index contributed by atoms with van der Waals surface area (Å²) < 4.78 is 6.94. The molecule has 0 saturated carbocycles. The minimum Gasteiger partial charge on any atom is -0.466 e. The van der Waals surface area contributed by atoms with Gasteiger partial charge in [0, 0.05) is 36.3 Å². The smallest absolute Gasteiger partial charge is 0.337 e. The monoisotopic (exact) mass is 400 g/mol. The number of β-amino-alcohol motifs (C(OH)–C–C–N with tert-alkyl or cyclic N) is 1. The molecule has 8 nitrogen and oxygen atoms in total. The molecule has 9 heteroatoms. The second-order valence-electron chi connectivity index (χ2n) is 6.45. The molecule has 2 aliphatic rings. The molecule has 0 aliphatic carbocycles. The van der Waals surface area contributed by atoms with Gasteiger partial charge in [0.2, 0.25) is 0 Å². The number of nitrogens with one attached hydrogen (secondary N) is 1. The summed E-state index contributed by atoms with van der Waals surface area (Å²) in [5.41, 5.74) is 2.90. The number of aryl methyl sites for hydroxylation is 1. The summed E-state index contributed by atoms with van der Waals surface area (Å²) in [7, 11) is 1.28. The zero-order chi connectivity index (χ0) is 19.7. The Morgan fingerprint density at radius 1 is 1.43 bits per heavy atom. The Balaban J connectivity index is 1.61. The topological polar surface area (TPSA) is 96.7 Å². The lowest BCUT2D eigenvalue weighted by molar-refractivity contribution is -0.136. The van der Waals surface area contributed by atoms with Crippen LogP contribution in [0.1, 0.15) is 0 Å². The fourth-order valence-electron chi connectivity index (χ4n) is 3.30. The van der Waals surface area contributed by atoms with Crippen LogP contribution < -0.4 is 5.32 Å². The molecule has 0 bridgehead atoms. The van der Waals surface area contributed by atoms with E-state index < -0.39 is 5.97 Å². The lowest BCUT2D eigenvalue weighted by Gasteiger charge is -2.15. The number of fused-ring (bicyclic) bond motifs is 1. The number of methoxy groups -OCH3 is 1. The zero-order valence-electron chi connectivity index (χ0n) is 15.3. The number of esters is 1. The van der Waals surface area contributed by atoms with Crippen molar-refractivity contribution in [3.05, 3.63) is 41.7 Å². The van der Waals surface area contributed by atoms with Crippen LogP contribution in [0.15, 0.2) is 46.9 Å². The molecule has 4 rings (SSSR count). The molecule has 1 amide bonds. The van der Waals surface area contributed by atoms with Gasteiger partial charge < -0.3 is 24.6 Å². The summed E-state index contributed by atoms with van der Waals surface area (Å²) in [4.78, 5) is 30.8. The molecule has 0 atom stereocenters. The molecule has 1 aromatic carbocycles. The minimum atomic E-state index is -0.560. The number of hydrogen-bond acceptors (Lipinski definition) is 7. The van der Waals surface area contributed by atoms with Crippen molar-refractivity contribution >= 4 is 29.3 Å². The number of hydrogen-bond donors (Lipinski definition) is 2. The van der Waals surface area contributed by atoms with Crippen molar-refractivity contribution in [1.82, 2.24) is 14.5 Å². The van der Waals surface area contributed by atoms with Gasteiger partial charge in [0.25, 0.3) is 5.91 Å². The van der Waals surface area contributed by atoms with Gasteiger partial charge in [0.15, 0.2) is 5.16 Å². The average molecular weight is 400 g/mol. The number of carbonyl (C=O) groups excluding carboxylic acids is 2. The fraction of sp³-hybridized carbons (Fsp3) is 0.316. The number of anilines is 1. The van der Waals surface area contributed by atoms with E-state index in [1.54, 1.807) is 11.8 Å². The summed E-state index contributed by atoms with van der Waals surface area (Å²) in [5, 5.41) is 13.2. The van der Waals surface area contributed by atoms with Crippen molar-refractivity contribution < 1.29 is 19.4 Å². The summed E-state index contributed by atoms with van der Waals surface area (Å²) in [6.45, 7) is 1.04. The van der Waals surface area contributed by atoms with E-state index in [1.165, 1.54) is 12.0 Å². The average Bonchev–Trinajstić information content (AvgIpc) is 3.38. The predicted molar refractivity (Wildman–Crippen MR) is 105 cm³/mol. The number of imidazole rings is 1. The van der Waals surface area contributed by atoms with E-state index in [0.29, 0.717) is 5.69 Å². The molecule has 3 heterocycles. The van der Waals surface area contributed by atoms with Gasteiger partial charge in [-0.15, -0.1) is 0 Å². The van der Waals surface area contributed by atoms with Crippen molar-refractivity contribution in [3.63, 3.8) is 0 Å². The van der Waals surface area contributed by atoms with E-state index in [4.69, 9.17) is 9.84 Å². The van der Waals surface area contributed by atoms with E-state index >= 15 is 0 Å². The number of benzene rings is 1. The molecule has 2 aliphatic heterocycles.